The molecule has 0 saturated heterocycles. The zero-order valence-corrected chi connectivity index (χ0v) is 14.4. The van der Waals surface area contributed by atoms with Gasteiger partial charge in [0.05, 0.1) is 12.0 Å². The van der Waals surface area contributed by atoms with Gasteiger partial charge >= 0.3 is 0 Å². The van der Waals surface area contributed by atoms with E-state index in [0.717, 1.165) is 0 Å². The standard InChI is InChI=1S/C16H17N3O5S/c1-11(20)17-13-4-3-5-14(10-13)18-16(21)12-6-8-15(9-7-12)25(22,23)19-24-2/h3-10,19H,1-2H3,(H,17,20)(H,18,21). The van der Waals surface area contributed by atoms with E-state index in [9.17, 15) is 18.0 Å². The molecule has 2 aromatic rings. The van der Waals surface area contributed by atoms with Gasteiger partial charge in [-0.1, -0.05) is 11.0 Å². The number of carbonyl (C=O) groups excluding carboxylic acids is 2. The summed E-state index contributed by atoms with van der Waals surface area (Å²) in [6.45, 7) is 1.39. The second kappa shape index (κ2) is 7.88. The molecule has 0 aromatic heterocycles. The van der Waals surface area contributed by atoms with Crippen LogP contribution in [-0.2, 0) is 19.7 Å². The van der Waals surface area contributed by atoms with E-state index in [1.165, 1.54) is 38.3 Å². The van der Waals surface area contributed by atoms with E-state index in [1.54, 1.807) is 24.3 Å². The van der Waals surface area contributed by atoms with Gasteiger partial charge in [-0.2, -0.15) is 0 Å². The fourth-order valence-corrected chi connectivity index (χ4v) is 2.83. The Hall–Kier alpha value is -2.75. The van der Waals surface area contributed by atoms with Gasteiger partial charge in [0.2, 0.25) is 5.91 Å². The third-order valence-electron chi connectivity index (χ3n) is 3.06. The van der Waals surface area contributed by atoms with Crippen molar-refractivity contribution in [2.24, 2.45) is 0 Å². The molecular weight excluding hydrogens is 346 g/mol. The van der Waals surface area contributed by atoms with Gasteiger partial charge in [-0.05, 0) is 42.5 Å². The Bertz CT molecular complexity index is 879. The SMILES string of the molecule is CONS(=O)(=O)c1ccc(C(=O)Nc2cccc(NC(C)=O)c2)cc1. The molecule has 9 heteroatoms. The molecule has 0 aliphatic rings. The van der Waals surface area contributed by atoms with Gasteiger partial charge in [-0.3, -0.25) is 14.4 Å². The first-order chi connectivity index (χ1) is 11.8. The van der Waals surface area contributed by atoms with Crippen LogP contribution in [0.2, 0.25) is 0 Å². The lowest BCUT2D eigenvalue weighted by Crippen LogP contribution is -2.22. The number of amides is 2. The van der Waals surface area contributed by atoms with Gasteiger partial charge in [-0.15, -0.1) is 0 Å². The molecule has 0 atom stereocenters. The second-order valence-corrected chi connectivity index (χ2v) is 6.68. The number of hydrogen-bond acceptors (Lipinski definition) is 5. The van der Waals surface area contributed by atoms with Gasteiger partial charge < -0.3 is 10.6 Å². The molecule has 0 radical (unpaired) electrons. The van der Waals surface area contributed by atoms with Crippen molar-refractivity contribution in [1.29, 1.82) is 0 Å². The van der Waals surface area contributed by atoms with Crippen molar-refractivity contribution < 1.29 is 22.8 Å². The molecule has 0 spiro atoms. The quantitative estimate of drug-likeness (QED) is 0.677. The summed E-state index contributed by atoms with van der Waals surface area (Å²) in [5.74, 6) is -0.631. The number of hydrogen-bond donors (Lipinski definition) is 3. The average Bonchev–Trinajstić information content (AvgIpc) is 2.54. The lowest BCUT2D eigenvalue weighted by molar-refractivity contribution is -0.114. The topological polar surface area (TPSA) is 114 Å². The number of carbonyl (C=O) groups is 2. The van der Waals surface area contributed by atoms with Crippen LogP contribution in [0.15, 0.2) is 53.4 Å². The molecule has 0 aliphatic heterocycles. The molecule has 132 valence electrons. The summed E-state index contributed by atoms with van der Waals surface area (Å²) in [6.07, 6.45) is 0. The maximum Gasteiger partial charge on any atom is 0.262 e. The molecule has 2 amide bonds. The van der Waals surface area contributed by atoms with Crippen LogP contribution < -0.4 is 15.5 Å². The van der Waals surface area contributed by atoms with Gasteiger partial charge in [0.15, 0.2) is 0 Å². The number of nitrogens with one attached hydrogen (secondary N) is 3. The van der Waals surface area contributed by atoms with Crippen molar-refractivity contribution in [3.63, 3.8) is 0 Å². The van der Waals surface area contributed by atoms with Crippen molar-refractivity contribution in [2.45, 2.75) is 11.8 Å². The maximum absolute atomic E-state index is 12.2. The van der Waals surface area contributed by atoms with Crippen LogP contribution in [0.4, 0.5) is 11.4 Å². The highest BCUT2D eigenvalue weighted by Gasteiger charge is 2.14. The van der Waals surface area contributed by atoms with Gasteiger partial charge in [-0.25, -0.2) is 8.42 Å². The summed E-state index contributed by atoms with van der Waals surface area (Å²) >= 11 is 0. The Kier molecular flexibility index (Phi) is 5.86. The first kappa shape index (κ1) is 18.6. The molecule has 3 N–H and O–H groups in total. The average molecular weight is 363 g/mol. The highest BCUT2D eigenvalue weighted by molar-refractivity contribution is 7.89. The molecule has 0 bridgehead atoms. The number of anilines is 2. The first-order valence-electron chi connectivity index (χ1n) is 7.15. The minimum atomic E-state index is -3.77. The largest absolute Gasteiger partial charge is 0.326 e. The Morgan fingerprint density at radius 1 is 0.960 bits per heavy atom. The zero-order valence-electron chi connectivity index (χ0n) is 13.6. The van der Waals surface area contributed by atoms with Crippen LogP contribution in [0.1, 0.15) is 17.3 Å². The normalized spacial score (nSPS) is 11.0. The second-order valence-electron chi connectivity index (χ2n) is 5.03. The van der Waals surface area contributed by atoms with E-state index in [0.29, 0.717) is 11.4 Å². The van der Waals surface area contributed by atoms with E-state index in [2.05, 4.69) is 15.5 Å². The van der Waals surface area contributed by atoms with E-state index < -0.39 is 15.9 Å². The monoisotopic (exact) mass is 363 g/mol. The molecule has 8 nitrogen and oxygen atoms in total. The summed E-state index contributed by atoms with van der Waals surface area (Å²) in [5.41, 5.74) is 1.33. The predicted molar refractivity (Wildman–Crippen MR) is 92.5 cm³/mol. The van der Waals surface area contributed by atoms with E-state index in [1.807, 2.05) is 4.89 Å². The predicted octanol–water partition coefficient (Wildman–Crippen LogP) is 1.74. The van der Waals surface area contributed by atoms with Crippen molar-refractivity contribution in [3.05, 3.63) is 54.1 Å². The third kappa shape index (κ3) is 5.11. The smallest absolute Gasteiger partial charge is 0.262 e. The highest BCUT2D eigenvalue weighted by Crippen LogP contribution is 2.17. The fourth-order valence-electron chi connectivity index (χ4n) is 2.02. The van der Waals surface area contributed by atoms with Crippen LogP contribution in [0.25, 0.3) is 0 Å². The van der Waals surface area contributed by atoms with Crippen molar-refractivity contribution in [3.8, 4) is 0 Å². The summed E-state index contributed by atoms with van der Waals surface area (Å²) in [5, 5.41) is 5.29. The molecule has 0 saturated carbocycles. The number of benzene rings is 2. The Morgan fingerprint density at radius 3 is 2.12 bits per heavy atom. The molecule has 0 fully saturated rings. The van der Waals surface area contributed by atoms with E-state index in [4.69, 9.17) is 0 Å². The summed E-state index contributed by atoms with van der Waals surface area (Å²) in [6, 6.07) is 12.0. The number of sulfonamides is 1. The fraction of sp³-hybridized carbons (Fsp3) is 0.125. The van der Waals surface area contributed by atoms with Crippen molar-refractivity contribution in [1.82, 2.24) is 4.89 Å². The third-order valence-corrected chi connectivity index (χ3v) is 4.34. The van der Waals surface area contributed by atoms with Crippen LogP contribution in [0.5, 0.6) is 0 Å². The minimum Gasteiger partial charge on any atom is -0.326 e. The van der Waals surface area contributed by atoms with Crippen LogP contribution in [0.3, 0.4) is 0 Å². The first-order valence-corrected chi connectivity index (χ1v) is 8.64. The Morgan fingerprint density at radius 2 is 1.56 bits per heavy atom. The molecular formula is C16H17N3O5S. The highest BCUT2D eigenvalue weighted by atomic mass is 32.2. The maximum atomic E-state index is 12.2. The van der Waals surface area contributed by atoms with Gasteiger partial charge in [0, 0.05) is 23.9 Å². The zero-order chi connectivity index (χ0) is 18.4. The van der Waals surface area contributed by atoms with Crippen LogP contribution >= 0.6 is 0 Å². The van der Waals surface area contributed by atoms with Crippen LogP contribution in [0, 0.1) is 0 Å². The summed E-state index contributed by atoms with van der Waals surface area (Å²) < 4.78 is 23.5. The summed E-state index contributed by atoms with van der Waals surface area (Å²) in [4.78, 5) is 29.6. The van der Waals surface area contributed by atoms with E-state index in [-0.39, 0.29) is 16.4 Å². The molecule has 0 unspecified atom stereocenters. The lowest BCUT2D eigenvalue weighted by atomic mass is 10.2. The van der Waals surface area contributed by atoms with Crippen LogP contribution in [-0.4, -0.2) is 27.3 Å². The molecule has 0 aliphatic carbocycles. The minimum absolute atomic E-state index is 0.0291. The van der Waals surface area contributed by atoms with Crippen molar-refractivity contribution in [2.75, 3.05) is 17.7 Å². The number of rotatable bonds is 6. The summed E-state index contributed by atoms with van der Waals surface area (Å²) in [7, 11) is -2.58. The molecule has 2 aromatic carbocycles. The Labute approximate surface area is 145 Å². The van der Waals surface area contributed by atoms with Gasteiger partial charge in [0.25, 0.3) is 15.9 Å². The molecule has 2 rings (SSSR count). The van der Waals surface area contributed by atoms with E-state index >= 15 is 0 Å². The lowest BCUT2D eigenvalue weighted by Gasteiger charge is -2.09. The van der Waals surface area contributed by atoms with Gasteiger partial charge in [0.1, 0.15) is 0 Å². The Balaban J connectivity index is 2.12. The van der Waals surface area contributed by atoms with Crippen molar-refractivity contribution >= 4 is 33.2 Å². The molecule has 0 heterocycles. The molecule has 25 heavy (non-hydrogen) atoms.